The Morgan fingerprint density at radius 3 is 2.32 bits per heavy atom. The maximum atomic E-state index is 12.9. The number of urea groups is 1. The summed E-state index contributed by atoms with van der Waals surface area (Å²) in [7, 11) is 4.59. The lowest BCUT2D eigenvalue weighted by Crippen LogP contribution is -2.40. The summed E-state index contributed by atoms with van der Waals surface area (Å²) >= 11 is 0. The van der Waals surface area contributed by atoms with Crippen LogP contribution in [-0.2, 0) is 10.3 Å². The molecule has 0 spiro atoms. The fourth-order valence-electron chi connectivity index (χ4n) is 2.98. The lowest BCUT2D eigenvalue weighted by molar-refractivity contribution is -0.131. The molecule has 3 amide bonds. The predicted molar refractivity (Wildman–Crippen MR) is 103 cm³/mol. The third-order valence-corrected chi connectivity index (χ3v) is 4.58. The van der Waals surface area contributed by atoms with Gasteiger partial charge in [-0.15, -0.1) is 5.01 Å². The monoisotopic (exact) mass is 383 g/mol. The smallest absolute Gasteiger partial charge is 0.346 e. The fraction of sp³-hybridized carbons (Fsp3) is 0.250. The summed E-state index contributed by atoms with van der Waals surface area (Å²) in [5.41, 5.74) is -0.0251. The SMILES string of the molecule is COc1ccc([C@@]2(C)NC(=O)N(/N=C\c3cccc(OC)c3OC)C2=O)cc1. The molecule has 0 radical (unpaired) electrons. The summed E-state index contributed by atoms with van der Waals surface area (Å²) in [6.07, 6.45) is 1.39. The number of hydrogen-bond donors (Lipinski definition) is 1. The van der Waals surface area contributed by atoms with Gasteiger partial charge >= 0.3 is 6.03 Å². The van der Waals surface area contributed by atoms with Gasteiger partial charge in [-0.25, -0.2) is 4.79 Å². The van der Waals surface area contributed by atoms with Crippen molar-refractivity contribution in [2.45, 2.75) is 12.5 Å². The van der Waals surface area contributed by atoms with E-state index in [0.717, 1.165) is 5.01 Å². The van der Waals surface area contributed by atoms with E-state index in [4.69, 9.17) is 14.2 Å². The lowest BCUT2D eigenvalue weighted by Gasteiger charge is -2.21. The molecule has 146 valence electrons. The van der Waals surface area contributed by atoms with Crippen molar-refractivity contribution in [3.05, 3.63) is 53.6 Å². The van der Waals surface area contributed by atoms with Crippen LogP contribution in [0.4, 0.5) is 4.79 Å². The van der Waals surface area contributed by atoms with Crippen molar-refractivity contribution in [3.63, 3.8) is 0 Å². The second-order valence-electron chi connectivity index (χ2n) is 6.23. The van der Waals surface area contributed by atoms with E-state index in [1.54, 1.807) is 56.5 Å². The van der Waals surface area contributed by atoms with Crippen LogP contribution in [0, 0.1) is 0 Å². The van der Waals surface area contributed by atoms with Crippen molar-refractivity contribution in [1.82, 2.24) is 10.3 Å². The molecular weight excluding hydrogens is 362 g/mol. The molecule has 0 bridgehead atoms. The van der Waals surface area contributed by atoms with Crippen LogP contribution >= 0.6 is 0 Å². The summed E-state index contributed by atoms with van der Waals surface area (Å²) in [4.78, 5) is 25.3. The van der Waals surface area contributed by atoms with Gasteiger partial charge in [0.05, 0.1) is 27.5 Å². The number of hydrogen-bond acceptors (Lipinski definition) is 6. The highest BCUT2D eigenvalue weighted by Gasteiger charge is 2.49. The van der Waals surface area contributed by atoms with Crippen molar-refractivity contribution in [1.29, 1.82) is 0 Å². The van der Waals surface area contributed by atoms with E-state index in [9.17, 15) is 9.59 Å². The Labute approximate surface area is 162 Å². The van der Waals surface area contributed by atoms with Gasteiger partial charge in [-0.05, 0) is 36.8 Å². The van der Waals surface area contributed by atoms with Gasteiger partial charge in [-0.2, -0.15) is 5.10 Å². The summed E-state index contributed by atoms with van der Waals surface area (Å²) < 4.78 is 15.7. The molecule has 2 aromatic rings. The van der Waals surface area contributed by atoms with Gasteiger partial charge in [0.2, 0.25) is 0 Å². The maximum Gasteiger partial charge on any atom is 0.346 e. The minimum absolute atomic E-state index is 0.457. The average molecular weight is 383 g/mol. The van der Waals surface area contributed by atoms with Crippen LogP contribution in [0.2, 0.25) is 0 Å². The predicted octanol–water partition coefficient (Wildman–Crippen LogP) is 2.51. The zero-order chi connectivity index (χ0) is 20.3. The number of carbonyl (C=O) groups is 2. The van der Waals surface area contributed by atoms with E-state index < -0.39 is 17.5 Å². The molecule has 1 heterocycles. The number of nitrogens with one attached hydrogen (secondary N) is 1. The Balaban J connectivity index is 1.89. The number of ether oxygens (including phenoxy) is 3. The highest BCUT2D eigenvalue weighted by molar-refractivity contribution is 6.07. The Kier molecular flexibility index (Phi) is 5.21. The number of benzene rings is 2. The molecular formula is C20H21N3O5. The number of para-hydroxylation sites is 1. The first kappa shape index (κ1) is 19.2. The number of rotatable bonds is 6. The third-order valence-electron chi connectivity index (χ3n) is 4.58. The molecule has 28 heavy (non-hydrogen) atoms. The van der Waals surface area contributed by atoms with Crippen LogP contribution in [0.3, 0.4) is 0 Å². The van der Waals surface area contributed by atoms with E-state index in [0.29, 0.717) is 28.4 Å². The molecule has 1 aliphatic rings. The van der Waals surface area contributed by atoms with Crippen molar-refractivity contribution in [2.75, 3.05) is 21.3 Å². The number of hydrazone groups is 1. The van der Waals surface area contributed by atoms with Crippen LogP contribution < -0.4 is 19.5 Å². The Morgan fingerprint density at radius 1 is 1.00 bits per heavy atom. The first-order valence-corrected chi connectivity index (χ1v) is 8.50. The molecule has 2 aromatic carbocycles. The van der Waals surface area contributed by atoms with Crippen LogP contribution in [0.5, 0.6) is 17.2 Å². The number of carbonyl (C=O) groups excluding carboxylic acids is 2. The van der Waals surface area contributed by atoms with E-state index in [-0.39, 0.29) is 0 Å². The Morgan fingerprint density at radius 2 is 1.71 bits per heavy atom. The highest BCUT2D eigenvalue weighted by atomic mass is 16.5. The van der Waals surface area contributed by atoms with Crippen molar-refractivity contribution < 1.29 is 23.8 Å². The van der Waals surface area contributed by atoms with E-state index in [1.807, 2.05) is 0 Å². The van der Waals surface area contributed by atoms with Gasteiger partial charge in [0.15, 0.2) is 11.5 Å². The molecule has 8 nitrogen and oxygen atoms in total. The molecule has 0 saturated carbocycles. The van der Waals surface area contributed by atoms with Gasteiger partial charge in [-0.1, -0.05) is 18.2 Å². The molecule has 8 heteroatoms. The minimum Gasteiger partial charge on any atom is -0.497 e. The number of methoxy groups -OCH3 is 3. The first-order valence-electron chi connectivity index (χ1n) is 8.50. The lowest BCUT2D eigenvalue weighted by atomic mass is 9.92. The van der Waals surface area contributed by atoms with Crippen LogP contribution in [0.25, 0.3) is 0 Å². The number of imide groups is 1. The molecule has 0 aromatic heterocycles. The van der Waals surface area contributed by atoms with Gasteiger partial charge in [0.25, 0.3) is 5.91 Å². The number of nitrogens with zero attached hydrogens (tertiary/aromatic N) is 2. The number of amides is 3. The molecule has 1 fully saturated rings. The topological polar surface area (TPSA) is 89.5 Å². The minimum atomic E-state index is -1.22. The van der Waals surface area contributed by atoms with E-state index in [1.165, 1.54) is 20.4 Å². The van der Waals surface area contributed by atoms with E-state index in [2.05, 4.69) is 10.4 Å². The summed E-state index contributed by atoms with van der Waals surface area (Å²) in [5.74, 6) is 1.15. The normalized spacial score (nSPS) is 19.1. The fourth-order valence-corrected chi connectivity index (χ4v) is 2.98. The molecule has 1 atom stereocenters. The van der Waals surface area contributed by atoms with Crippen LogP contribution in [-0.4, -0.2) is 44.5 Å². The zero-order valence-electron chi connectivity index (χ0n) is 16.1. The third kappa shape index (κ3) is 3.24. The van der Waals surface area contributed by atoms with Gasteiger partial charge in [0.1, 0.15) is 11.3 Å². The Hall–Kier alpha value is -3.55. The second kappa shape index (κ2) is 7.59. The van der Waals surface area contributed by atoms with Crippen LogP contribution in [0.15, 0.2) is 47.6 Å². The van der Waals surface area contributed by atoms with Crippen molar-refractivity contribution in [3.8, 4) is 17.2 Å². The van der Waals surface area contributed by atoms with Crippen molar-refractivity contribution >= 4 is 18.2 Å². The zero-order valence-corrected chi connectivity index (χ0v) is 16.1. The standard InChI is InChI=1S/C20H21N3O5/c1-20(14-8-10-15(26-2)11-9-14)18(24)23(19(25)22-20)21-12-13-6-5-7-16(27-3)17(13)28-4/h5-12H,1-4H3,(H,22,25)/b21-12-/t20-/m1/s1. The van der Waals surface area contributed by atoms with Gasteiger partial charge < -0.3 is 19.5 Å². The maximum absolute atomic E-state index is 12.9. The van der Waals surface area contributed by atoms with Gasteiger partial charge in [0, 0.05) is 5.56 Å². The first-order chi connectivity index (χ1) is 13.4. The molecule has 0 unspecified atom stereocenters. The summed E-state index contributed by atoms with van der Waals surface area (Å²) in [6.45, 7) is 1.64. The average Bonchev–Trinajstić information content (AvgIpc) is 2.95. The van der Waals surface area contributed by atoms with Gasteiger partial charge in [-0.3, -0.25) is 4.79 Å². The second-order valence-corrected chi connectivity index (χ2v) is 6.23. The largest absolute Gasteiger partial charge is 0.497 e. The molecule has 0 aliphatic carbocycles. The molecule has 3 rings (SSSR count). The van der Waals surface area contributed by atoms with E-state index >= 15 is 0 Å². The molecule has 1 N–H and O–H groups in total. The molecule has 1 saturated heterocycles. The summed E-state index contributed by atoms with van der Waals surface area (Å²) in [6, 6.07) is 11.6. The Bertz CT molecular complexity index is 926. The van der Waals surface area contributed by atoms with Crippen LogP contribution in [0.1, 0.15) is 18.1 Å². The highest BCUT2D eigenvalue weighted by Crippen LogP contribution is 2.32. The summed E-state index contributed by atoms with van der Waals surface area (Å²) in [5, 5.41) is 7.59. The quantitative estimate of drug-likeness (QED) is 0.612. The van der Waals surface area contributed by atoms with Crippen molar-refractivity contribution in [2.24, 2.45) is 5.10 Å². The molecule has 1 aliphatic heterocycles.